The van der Waals surface area contributed by atoms with Gasteiger partial charge in [0.05, 0.1) is 6.54 Å². The van der Waals surface area contributed by atoms with Crippen LogP contribution in [-0.4, -0.2) is 66.0 Å². The average molecular weight is 256 g/mol. The standard InChI is InChI=1S/C12H24N4S/c1-2-15-5-3-4-11(15)10-14-12(13)16-6-8-17-9-7-16/h11H,2-10H2,1H3,(H2,13,14). The molecule has 0 amide bonds. The Bertz CT molecular complexity index is 263. The summed E-state index contributed by atoms with van der Waals surface area (Å²) in [5.41, 5.74) is 6.06. The van der Waals surface area contributed by atoms with E-state index >= 15 is 0 Å². The number of aliphatic imine (C=N–C) groups is 1. The van der Waals surface area contributed by atoms with Crippen LogP contribution in [0.15, 0.2) is 4.99 Å². The number of guanidine groups is 1. The van der Waals surface area contributed by atoms with Crippen molar-refractivity contribution in [2.75, 3.05) is 44.2 Å². The Morgan fingerprint density at radius 3 is 2.82 bits per heavy atom. The van der Waals surface area contributed by atoms with E-state index in [0.29, 0.717) is 6.04 Å². The lowest BCUT2D eigenvalue weighted by Gasteiger charge is -2.28. The van der Waals surface area contributed by atoms with E-state index in [1.165, 1.54) is 30.9 Å². The molecular weight excluding hydrogens is 232 g/mol. The number of nitrogens with zero attached hydrogens (tertiary/aromatic N) is 3. The Hall–Kier alpha value is -0.420. The first-order valence-electron chi connectivity index (χ1n) is 6.68. The van der Waals surface area contributed by atoms with Crippen molar-refractivity contribution in [3.8, 4) is 0 Å². The number of likely N-dealkylation sites (tertiary alicyclic amines) is 1. The lowest BCUT2D eigenvalue weighted by atomic mass is 10.2. The van der Waals surface area contributed by atoms with Crippen molar-refractivity contribution >= 4 is 17.7 Å². The normalized spacial score (nSPS) is 27.7. The minimum atomic E-state index is 0.623. The zero-order valence-electron chi connectivity index (χ0n) is 10.8. The average Bonchev–Trinajstić information content (AvgIpc) is 2.84. The highest BCUT2D eigenvalue weighted by atomic mass is 32.2. The highest BCUT2D eigenvalue weighted by Gasteiger charge is 2.22. The van der Waals surface area contributed by atoms with Crippen molar-refractivity contribution in [3.05, 3.63) is 0 Å². The van der Waals surface area contributed by atoms with Crippen LogP contribution < -0.4 is 5.73 Å². The molecule has 2 aliphatic rings. The molecule has 0 aromatic heterocycles. The van der Waals surface area contributed by atoms with E-state index in [4.69, 9.17) is 5.73 Å². The smallest absolute Gasteiger partial charge is 0.191 e. The topological polar surface area (TPSA) is 44.9 Å². The van der Waals surface area contributed by atoms with Gasteiger partial charge in [0.15, 0.2) is 5.96 Å². The lowest BCUT2D eigenvalue weighted by Crippen LogP contribution is -2.43. The molecule has 0 bridgehead atoms. The van der Waals surface area contributed by atoms with Gasteiger partial charge in [0, 0.05) is 30.6 Å². The second-order valence-corrected chi connectivity index (χ2v) is 5.95. The van der Waals surface area contributed by atoms with Crippen LogP contribution >= 0.6 is 11.8 Å². The van der Waals surface area contributed by atoms with E-state index in [9.17, 15) is 0 Å². The van der Waals surface area contributed by atoms with Gasteiger partial charge in [-0.05, 0) is 25.9 Å². The van der Waals surface area contributed by atoms with Crippen LogP contribution in [0.1, 0.15) is 19.8 Å². The molecular formula is C12H24N4S. The second kappa shape index (κ2) is 6.50. The van der Waals surface area contributed by atoms with E-state index in [1.807, 2.05) is 11.8 Å². The number of hydrogen-bond donors (Lipinski definition) is 1. The summed E-state index contributed by atoms with van der Waals surface area (Å²) in [5, 5.41) is 0. The van der Waals surface area contributed by atoms with E-state index in [1.54, 1.807) is 0 Å². The monoisotopic (exact) mass is 256 g/mol. The van der Waals surface area contributed by atoms with E-state index in [-0.39, 0.29) is 0 Å². The molecule has 0 radical (unpaired) electrons. The quantitative estimate of drug-likeness (QED) is 0.600. The third-order valence-corrected chi connectivity index (χ3v) is 4.65. The summed E-state index contributed by atoms with van der Waals surface area (Å²) in [5.74, 6) is 3.12. The fourth-order valence-corrected chi connectivity index (χ4v) is 3.51. The summed E-state index contributed by atoms with van der Waals surface area (Å²) in [6, 6.07) is 0.623. The number of hydrogen-bond acceptors (Lipinski definition) is 3. The Kier molecular flexibility index (Phi) is 4.98. The first kappa shape index (κ1) is 13.0. The first-order chi connectivity index (χ1) is 8.31. The molecule has 1 unspecified atom stereocenters. The maximum absolute atomic E-state index is 6.06. The predicted molar refractivity (Wildman–Crippen MR) is 75.7 cm³/mol. The highest BCUT2D eigenvalue weighted by Crippen LogP contribution is 2.16. The number of likely N-dealkylation sites (N-methyl/N-ethyl adjacent to an activating group) is 1. The molecule has 2 rings (SSSR count). The van der Waals surface area contributed by atoms with Gasteiger partial charge in [-0.1, -0.05) is 6.92 Å². The molecule has 0 spiro atoms. The maximum Gasteiger partial charge on any atom is 0.191 e. The molecule has 4 nitrogen and oxygen atoms in total. The zero-order valence-corrected chi connectivity index (χ0v) is 11.6. The van der Waals surface area contributed by atoms with Gasteiger partial charge in [0.25, 0.3) is 0 Å². The van der Waals surface area contributed by atoms with Gasteiger partial charge in [-0.25, -0.2) is 0 Å². The molecule has 98 valence electrons. The van der Waals surface area contributed by atoms with E-state index in [0.717, 1.165) is 32.1 Å². The van der Waals surface area contributed by atoms with Gasteiger partial charge in [0.1, 0.15) is 0 Å². The van der Waals surface area contributed by atoms with Crippen LogP contribution in [0.3, 0.4) is 0 Å². The number of nitrogens with two attached hydrogens (primary N) is 1. The summed E-state index contributed by atoms with van der Waals surface area (Å²) < 4.78 is 0. The third-order valence-electron chi connectivity index (χ3n) is 3.70. The summed E-state index contributed by atoms with van der Waals surface area (Å²) in [6.45, 7) is 7.60. The van der Waals surface area contributed by atoms with Crippen LogP contribution in [-0.2, 0) is 0 Å². The van der Waals surface area contributed by atoms with Crippen LogP contribution in [0.2, 0.25) is 0 Å². The van der Waals surface area contributed by atoms with Gasteiger partial charge in [-0.15, -0.1) is 0 Å². The largest absolute Gasteiger partial charge is 0.370 e. The molecule has 2 fully saturated rings. The molecule has 0 aliphatic carbocycles. The van der Waals surface area contributed by atoms with Crippen molar-refractivity contribution in [1.82, 2.24) is 9.80 Å². The maximum atomic E-state index is 6.06. The molecule has 2 saturated heterocycles. The summed E-state index contributed by atoms with van der Waals surface area (Å²) in [6.07, 6.45) is 2.59. The first-order valence-corrected chi connectivity index (χ1v) is 7.83. The van der Waals surface area contributed by atoms with Gasteiger partial charge in [-0.2, -0.15) is 11.8 Å². The molecule has 1 atom stereocenters. The SMILES string of the molecule is CCN1CCCC1CN=C(N)N1CCSCC1. The molecule has 2 N–H and O–H groups in total. The van der Waals surface area contributed by atoms with Crippen LogP contribution in [0, 0.1) is 0 Å². The van der Waals surface area contributed by atoms with Gasteiger partial charge in [-0.3, -0.25) is 9.89 Å². The lowest BCUT2D eigenvalue weighted by molar-refractivity contribution is 0.272. The Balaban J connectivity index is 1.82. The molecule has 0 aromatic carbocycles. The van der Waals surface area contributed by atoms with Crippen LogP contribution in [0.25, 0.3) is 0 Å². The van der Waals surface area contributed by atoms with Crippen molar-refractivity contribution < 1.29 is 0 Å². The highest BCUT2D eigenvalue weighted by molar-refractivity contribution is 7.99. The predicted octanol–water partition coefficient (Wildman–Crippen LogP) is 0.834. The summed E-state index contributed by atoms with van der Waals surface area (Å²) in [4.78, 5) is 9.34. The van der Waals surface area contributed by atoms with Crippen LogP contribution in [0.5, 0.6) is 0 Å². The molecule has 5 heteroatoms. The minimum Gasteiger partial charge on any atom is -0.370 e. The van der Waals surface area contributed by atoms with Crippen molar-refractivity contribution in [2.24, 2.45) is 10.7 Å². The molecule has 17 heavy (non-hydrogen) atoms. The van der Waals surface area contributed by atoms with E-state index < -0.39 is 0 Å². The minimum absolute atomic E-state index is 0.623. The fourth-order valence-electron chi connectivity index (χ4n) is 2.61. The summed E-state index contributed by atoms with van der Waals surface area (Å²) >= 11 is 2.00. The zero-order chi connectivity index (χ0) is 12.1. The Labute approximate surface area is 109 Å². The number of rotatable bonds is 3. The van der Waals surface area contributed by atoms with Gasteiger partial charge in [0.2, 0.25) is 0 Å². The third kappa shape index (κ3) is 3.52. The molecule has 0 saturated carbocycles. The Morgan fingerprint density at radius 1 is 1.35 bits per heavy atom. The molecule has 2 aliphatic heterocycles. The number of thioether (sulfide) groups is 1. The summed E-state index contributed by atoms with van der Waals surface area (Å²) in [7, 11) is 0. The molecule has 2 heterocycles. The van der Waals surface area contributed by atoms with E-state index in [2.05, 4.69) is 21.7 Å². The van der Waals surface area contributed by atoms with Crippen LogP contribution in [0.4, 0.5) is 0 Å². The van der Waals surface area contributed by atoms with Crippen molar-refractivity contribution in [3.63, 3.8) is 0 Å². The van der Waals surface area contributed by atoms with Gasteiger partial charge >= 0.3 is 0 Å². The van der Waals surface area contributed by atoms with Crippen molar-refractivity contribution in [1.29, 1.82) is 0 Å². The fraction of sp³-hybridized carbons (Fsp3) is 0.917. The van der Waals surface area contributed by atoms with Gasteiger partial charge < -0.3 is 10.6 Å². The second-order valence-electron chi connectivity index (χ2n) is 4.72. The Morgan fingerprint density at radius 2 is 2.12 bits per heavy atom. The van der Waals surface area contributed by atoms with Crippen molar-refractivity contribution in [2.45, 2.75) is 25.8 Å². The molecule has 0 aromatic rings.